The smallest absolute Gasteiger partial charge is 0.305 e. The SMILES string of the molecule is C=C1c2cccc(O)c2C(O)=C2C(=O)[C@]3(O)C(O)=C(C(N)=O)C(=O)[C@@H](N(C)C)[C@@H]3[C@@H](OC(=O)CC)[C@@H]12. The average molecular weight is 498 g/mol. The van der Waals surface area contributed by atoms with E-state index in [1.165, 1.54) is 44.1 Å². The van der Waals surface area contributed by atoms with Crippen LogP contribution in [0.4, 0.5) is 0 Å². The van der Waals surface area contributed by atoms with Crippen molar-refractivity contribution in [1.29, 1.82) is 0 Å². The van der Waals surface area contributed by atoms with E-state index in [-0.39, 0.29) is 28.9 Å². The van der Waals surface area contributed by atoms with Gasteiger partial charge in [-0.05, 0) is 31.3 Å². The zero-order valence-electron chi connectivity index (χ0n) is 19.8. The van der Waals surface area contributed by atoms with Gasteiger partial charge >= 0.3 is 5.97 Å². The van der Waals surface area contributed by atoms with E-state index in [2.05, 4.69) is 6.58 Å². The number of rotatable bonds is 4. The van der Waals surface area contributed by atoms with Gasteiger partial charge in [0.05, 0.1) is 29.0 Å². The number of phenolic OH excluding ortho intramolecular Hbond substituents is 1. The van der Waals surface area contributed by atoms with Gasteiger partial charge in [-0.1, -0.05) is 25.6 Å². The lowest BCUT2D eigenvalue weighted by Gasteiger charge is -2.53. The van der Waals surface area contributed by atoms with Crippen LogP contribution >= 0.6 is 0 Å². The van der Waals surface area contributed by atoms with Crippen LogP contribution in [-0.4, -0.2) is 80.6 Å². The first-order valence-electron chi connectivity index (χ1n) is 11.2. The van der Waals surface area contributed by atoms with E-state index in [0.29, 0.717) is 0 Å². The molecule has 190 valence electrons. The van der Waals surface area contributed by atoms with E-state index >= 15 is 0 Å². The first-order valence-corrected chi connectivity index (χ1v) is 11.2. The minimum Gasteiger partial charge on any atom is -0.508 e. The molecule has 1 aromatic rings. The van der Waals surface area contributed by atoms with Gasteiger partial charge in [0.2, 0.25) is 5.78 Å². The Hall–Kier alpha value is -3.96. The Morgan fingerprint density at radius 1 is 1.19 bits per heavy atom. The molecule has 1 aromatic carbocycles. The van der Waals surface area contributed by atoms with Gasteiger partial charge < -0.3 is 30.9 Å². The van der Waals surface area contributed by atoms with Gasteiger partial charge in [-0.15, -0.1) is 0 Å². The molecule has 11 nitrogen and oxygen atoms in total. The van der Waals surface area contributed by atoms with Crippen molar-refractivity contribution in [3.8, 4) is 5.75 Å². The predicted molar refractivity (Wildman–Crippen MR) is 125 cm³/mol. The Morgan fingerprint density at radius 2 is 1.83 bits per heavy atom. The fraction of sp³-hybridized carbons (Fsp3) is 0.360. The number of nitrogens with zero attached hydrogens (tertiary/aromatic N) is 1. The molecule has 1 fully saturated rings. The summed E-state index contributed by atoms with van der Waals surface area (Å²) in [6.07, 6.45) is -1.60. The maximum Gasteiger partial charge on any atom is 0.305 e. The van der Waals surface area contributed by atoms with Crippen LogP contribution in [0.5, 0.6) is 5.75 Å². The number of nitrogens with two attached hydrogens (primary N) is 1. The number of amides is 1. The largest absolute Gasteiger partial charge is 0.508 e. The van der Waals surface area contributed by atoms with E-state index in [0.717, 1.165) is 0 Å². The first kappa shape index (κ1) is 25.1. The number of aliphatic hydroxyl groups excluding tert-OH is 2. The topological polar surface area (TPSA) is 188 Å². The van der Waals surface area contributed by atoms with Gasteiger partial charge in [-0.2, -0.15) is 0 Å². The first-order chi connectivity index (χ1) is 16.8. The van der Waals surface area contributed by atoms with Gasteiger partial charge in [-0.25, -0.2) is 0 Å². The van der Waals surface area contributed by atoms with Crippen molar-refractivity contribution in [3.05, 3.63) is 52.8 Å². The monoisotopic (exact) mass is 498 g/mol. The van der Waals surface area contributed by atoms with E-state index in [1.54, 1.807) is 0 Å². The van der Waals surface area contributed by atoms with Crippen molar-refractivity contribution in [1.82, 2.24) is 4.90 Å². The van der Waals surface area contributed by atoms with Gasteiger partial charge in [0.15, 0.2) is 11.4 Å². The van der Waals surface area contributed by atoms with E-state index in [4.69, 9.17) is 10.5 Å². The maximum atomic E-state index is 13.9. The van der Waals surface area contributed by atoms with Crippen LogP contribution in [0, 0.1) is 11.8 Å². The number of carbonyl (C=O) groups is 4. The van der Waals surface area contributed by atoms with Crippen molar-refractivity contribution >= 4 is 34.8 Å². The van der Waals surface area contributed by atoms with Crippen LogP contribution in [0.3, 0.4) is 0 Å². The number of benzene rings is 1. The second kappa shape index (κ2) is 8.32. The Labute approximate surface area is 205 Å². The quantitative estimate of drug-likeness (QED) is 0.286. The summed E-state index contributed by atoms with van der Waals surface area (Å²) in [5.41, 5.74) is 1.17. The molecular weight excluding hydrogens is 472 g/mol. The molecule has 3 aliphatic carbocycles. The molecule has 0 spiro atoms. The van der Waals surface area contributed by atoms with Crippen molar-refractivity contribution in [2.75, 3.05) is 14.1 Å². The van der Waals surface area contributed by atoms with Crippen LogP contribution in [0.1, 0.15) is 24.5 Å². The number of ether oxygens (including phenoxy) is 1. The number of primary amides is 1. The van der Waals surface area contributed by atoms with Crippen LogP contribution < -0.4 is 5.73 Å². The molecule has 0 aromatic heterocycles. The predicted octanol–water partition coefficient (Wildman–Crippen LogP) is 0.366. The Bertz CT molecular complexity index is 1310. The molecule has 6 N–H and O–H groups in total. The summed E-state index contributed by atoms with van der Waals surface area (Å²) < 4.78 is 5.68. The minimum atomic E-state index is -2.98. The summed E-state index contributed by atoms with van der Waals surface area (Å²) in [5, 5.41) is 44.4. The highest BCUT2D eigenvalue weighted by Crippen LogP contribution is 2.56. The fourth-order valence-electron chi connectivity index (χ4n) is 5.56. The highest BCUT2D eigenvalue weighted by molar-refractivity contribution is 6.25. The van der Waals surface area contributed by atoms with Crippen LogP contribution in [0.2, 0.25) is 0 Å². The third kappa shape index (κ3) is 3.12. The molecule has 11 heteroatoms. The number of hydrogen-bond acceptors (Lipinski definition) is 10. The maximum absolute atomic E-state index is 13.9. The second-order valence-corrected chi connectivity index (χ2v) is 9.25. The lowest BCUT2D eigenvalue weighted by atomic mass is 9.55. The highest BCUT2D eigenvalue weighted by atomic mass is 16.5. The summed E-state index contributed by atoms with van der Waals surface area (Å²) >= 11 is 0. The van der Waals surface area contributed by atoms with Crippen LogP contribution in [-0.2, 0) is 23.9 Å². The molecule has 0 aliphatic heterocycles. The number of carbonyl (C=O) groups excluding carboxylic acids is 4. The molecule has 5 atom stereocenters. The van der Waals surface area contributed by atoms with Crippen molar-refractivity contribution in [2.45, 2.75) is 31.1 Å². The fourth-order valence-corrected chi connectivity index (χ4v) is 5.56. The molecule has 0 unspecified atom stereocenters. The van der Waals surface area contributed by atoms with Crippen molar-refractivity contribution < 1.29 is 44.3 Å². The number of ketones is 2. The summed E-state index contributed by atoms with van der Waals surface area (Å²) in [5.74, 6) is -9.59. The third-order valence-corrected chi connectivity index (χ3v) is 7.13. The van der Waals surface area contributed by atoms with E-state index < -0.39 is 75.7 Å². The molecular formula is C25H26N2O9. The number of phenols is 1. The summed E-state index contributed by atoms with van der Waals surface area (Å²) in [4.78, 5) is 53.2. The van der Waals surface area contributed by atoms with Gasteiger partial charge in [-0.3, -0.25) is 24.1 Å². The standard InChI is InChI=1S/C25H26N2O9/c1-5-12(29)36-21-13-9(2)10-7-6-8-11(28)14(10)19(30)15(13)22(32)25(35)17(21)18(27(3)4)20(31)16(23(25)33)24(26)34/h6-8,13,17-18,21,28,30,33,35H,2,5H2,1,3-4H3,(H2,26,34)/t13-,17+,18-,21-,25-/m0/s1. The summed E-state index contributed by atoms with van der Waals surface area (Å²) in [6.45, 7) is 5.53. The third-order valence-electron chi connectivity index (χ3n) is 7.13. The second-order valence-electron chi connectivity index (χ2n) is 9.25. The Balaban J connectivity index is 2.12. The van der Waals surface area contributed by atoms with Gasteiger partial charge in [0, 0.05) is 6.42 Å². The van der Waals surface area contributed by atoms with Crippen molar-refractivity contribution in [2.24, 2.45) is 17.6 Å². The molecule has 0 radical (unpaired) electrons. The Morgan fingerprint density at radius 3 is 2.39 bits per heavy atom. The molecule has 0 bridgehead atoms. The zero-order valence-corrected chi connectivity index (χ0v) is 19.8. The van der Waals surface area contributed by atoms with Crippen molar-refractivity contribution in [3.63, 3.8) is 0 Å². The van der Waals surface area contributed by atoms with E-state index in [1.807, 2.05) is 0 Å². The normalized spacial score (nSPS) is 29.6. The molecule has 1 saturated carbocycles. The van der Waals surface area contributed by atoms with E-state index in [9.17, 15) is 39.6 Å². The zero-order chi connectivity index (χ0) is 26.9. The number of fused-ring (bicyclic) bond motifs is 3. The Kier molecular flexibility index (Phi) is 5.81. The number of likely N-dealkylation sites (N-methyl/N-ethyl adjacent to an activating group) is 1. The molecule has 0 saturated heterocycles. The molecule has 0 heterocycles. The number of hydrogen-bond donors (Lipinski definition) is 5. The summed E-state index contributed by atoms with van der Waals surface area (Å²) in [7, 11) is 2.89. The molecule has 1 amide bonds. The van der Waals surface area contributed by atoms with Gasteiger partial charge in [0.25, 0.3) is 5.91 Å². The molecule has 4 rings (SSSR count). The van der Waals surface area contributed by atoms with Gasteiger partial charge in [0.1, 0.15) is 28.9 Å². The molecule has 36 heavy (non-hydrogen) atoms. The number of aliphatic hydroxyl groups is 3. The minimum absolute atomic E-state index is 0.105. The number of Topliss-reactive ketones (excluding diaryl/α,β-unsaturated/α-hetero) is 2. The highest BCUT2D eigenvalue weighted by Gasteiger charge is 2.69. The average Bonchev–Trinajstić information content (AvgIpc) is 2.80. The lowest BCUT2D eigenvalue weighted by Crippen LogP contribution is -2.70. The molecule has 3 aliphatic rings. The van der Waals surface area contributed by atoms with Crippen LogP contribution in [0.25, 0.3) is 11.3 Å². The van der Waals surface area contributed by atoms with Crippen LogP contribution in [0.15, 0.2) is 41.7 Å². The number of aromatic hydroxyl groups is 1. The lowest BCUT2D eigenvalue weighted by molar-refractivity contribution is -0.181. The number of esters is 1. The summed E-state index contributed by atoms with van der Waals surface area (Å²) in [6, 6.07) is 2.86.